The van der Waals surface area contributed by atoms with Gasteiger partial charge >= 0.3 is 0 Å². The Bertz CT molecular complexity index is 1060. The molecule has 3 aromatic carbocycles. The first-order valence-electron chi connectivity index (χ1n) is 10.5. The first-order chi connectivity index (χ1) is 15.2. The zero-order valence-corrected chi connectivity index (χ0v) is 17.6. The topological polar surface area (TPSA) is 36.9 Å². The van der Waals surface area contributed by atoms with Crippen LogP contribution in [0.15, 0.2) is 89.9 Å². The predicted octanol–water partition coefficient (Wildman–Crippen LogP) is 6.34. The molecule has 1 saturated heterocycles. The number of hydroxylamine groups is 2. The second kappa shape index (κ2) is 10.0. The second-order valence-corrected chi connectivity index (χ2v) is 7.45. The lowest BCUT2D eigenvalue weighted by atomic mass is 10.0. The van der Waals surface area contributed by atoms with Gasteiger partial charge in [0.1, 0.15) is 5.82 Å². The Morgan fingerprint density at radius 3 is 2.42 bits per heavy atom. The van der Waals surface area contributed by atoms with E-state index in [1.807, 2.05) is 53.6 Å². The predicted molar refractivity (Wildman–Crippen MR) is 125 cm³/mol. The van der Waals surface area contributed by atoms with E-state index in [2.05, 4.69) is 24.4 Å². The molecule has 4 nitrogen and oxygen atoms in total. The highest BCUT2D eigenvalue weighted by atomic mass is 19.1. The fraction of sp³-hybridized carbons (Fsp3) is 0.192. The highest BCUT2D eigenvalue weighted by Crippen LogP contribution is 2.24. The molecule has 1 fully saturated rings. The number of benzene rings is 3. The Kier molecular flexibility index (Phi) is 6.75. The lowest BCUT2D eigenvalue weighted by Crippen LogP contribution is -2.35. The summed E-state index contributed by atoms with van der Waals surface area (Å²) in [6.07, 6.45) is 4.09. The van der Waals surface area contributed by atoms with Gasteiger partial charge in [-0.3, -0.25) is 4.84 Å². The minimum absolute atomic E-state index is 0.264. The number of aryl methyl sites for hydroxylation is 1. The standard InChI is InChI=1S/C26H26FN3O/c1-20-9-5-6-12-24(20)25(28-23-15-13-21(27)14-16-23)19-26(30-17-7-8-18-31-30)29-22-10-3-2-4-11-22/h2-6,9-16,19,28H,7-8,17-18H2,1H3. The maximum atomic E-state index is 13.4. The van der Waals surface area contributed by atoms with Gasteiger partial charge in [-0.25, -0.2) is 14.4 Å². The molecule has 4 rings (SSSR count). The third kappa shape index (κ3) is 5.58. The van der Waals surface area contributed by atoms with E-state index in [0.717, 1.165) is 53.4 Å². The van der Waals surface area contributed by atoms with Gasteiger partial charge in [-0.15, -0.1) is 0 Å². The van der Waals surface area contributed by atoms with Crippen molar-refractivity contribution in [2.75, 3.05) is 18.5 Å². The molecule has 0 unspecified atom stereocenters. The zero-order chi connectivity index (χ0) is 21.5. The molecule has 0 atom stereocenters. The molecule has 0 aliphatic carbocycles. The molecule has 31 heavy (non-hydrogen) atoms. The Labute approximate surface area is 182 Å². The minimum Gasteiger partial charge on any atom is -0.355 e. The van der Waals surface area contributed by atoms with Crippen LogP contribution >= 0.6 is 0 Å². The van der Waals surface area contributed by atoms with E-state index in [1.54, 1.807) is 12.1 Å². The molecular formula is C26H26FN3O. The summed E-state index contributed by atoms with van der Waals surface area (Å²) in [5, 5.41) is 5.31. The number of hydrogen-bond donors (Lipinski definition) is 1. The van der Waals surface area contributed by atoms with Gasteiger partial charge in [0.05, 0.1) is 12.3 Å². The average molecular weight is 416 g/mol. The molecule has 1 N–H and O–H groups in total. The van der Waals surface area contributed by atoms with E-state index >= 15 is 0 Å². The van der Waals surface area contributed by atoms with Crippen LogP contribution in [0.2, 0.25) is 0 Å². The van der Waals surface area contributed by atoms with Crippen LogP contribution in [0.25, 0.3) is 5.70 Å². The number of halogens is 1. The molecule has 5 heteroatoms. The summed E-state index contributed by atoms with van der Waals surface area (Å²) < 4.78 is 13.4. The summed E-state index contributed by atoms with van der Waals surface area (Å²) in [6, 6.07) is 24.4. The summed E-state index contributed by atoms with van der Waals surface area (Å²) in [4.78, 5) is 10.8. The number of hydrogen-bond acceptors (Lipinski definition) is 3. The van der Waals surface area contributed by atoms with E-state index in [-0.39, 0.29) is 5.82 Å². The average Bonchev–Trinajstić information content (AvgIpc) is 2.81. The van der Waals surface area contributed by atoms with E-state index in [4.69, 9.17) is 9.83 Å². The van der Waals surface area contributed by atoms with Crippen LogP contribution in [0.4, 0.5) is 15.8 Å². The number of anilines is 1. The van der Waals surface area contributed by atoms with E-state index in [1.165, 1.54) is 12.1 Å². The van der Waals surface area contributed by atoms with Crippen LogP contribution in [0, 0.1) is 12.7 Å². The number of nitrogens with zero attached hydrogens (tertiary/aromatic N) is 2. The van der Waals surface area contributed by atoms with Crippen LogP contribution in [0.5, 0.6) is 0 Å². The van der Waals surface area contributed by atoms with Crippen LogP contribution < -0.4 is 5.32 Å². The Morgan fingerprint density at radius 2 is 1.71 bits per heavy atom. The summed E-state index contributed by atoms with van der Waals surface area (Å²) in [5.74, 6) is 0.457. The number of para-hydroxylation sites is 1. The minimum atomic E-state index is -0.264. The molecule has 0 aromatic heterocycles. The third-order valence-corrected chi connectivity index (χ3v) is 5.09. The van der Waals surface area contributed by atoms with Gasteiger partial charge < -0.3 is 5.32 Å². The number of nitrogens with one attached hydrogen (secondary N) is 1. The summed E-state index contributed by atoms with van der Waals surface area (Å²) in [6.45, 7) is 3.52. The van der Waals surface area contributed by atoms with Crippen molar-refractivity contribution in [1.29, 1.82) is 0 Å². The number of aliphatic imine (C=N–C) groups is 1. The fourth-order valence-electron chi connectivity index (χ4n) is 3.45. The monoisotopic (exact) mass is 415 g/mol. The largest absolute Gasteiger partial charge is 0.355 e. The van der Waals surface area contributed by atoms with Crippen LogP contribution in [0.1, 0.15) is 24.0 Å². The van der Waals surface area contributed by atoms with Gasteiger partial charge in [0.25, 0.3) is 0 Å². The van der Waals surface area contributed by atoms with Crippen molar-refractivity contribution in [3.8, 4) is 0 Å². The van der Waals surface area contributed by atoms with Gasteiger partial charge in [0.15, 0.2) is 5.84 Å². The van der Waals surface area contributed by atoms with E-state index in [0.29, 0.717) is 6.61 Å². The quantitative estimate of drug-likeness (QED) is 0.390. The lowest BCUT2D eigenvalue weighted by molar-refractivity contribution is -0.122. The highest BCUT2D eigenvalue weighted by Gasteiger charge is 2.17. The molecule has 0 radical (unpaired) electrons. The molecule has 3 aromatic rings. The molecule has 1 aliphatic heterocycles. The Balaban J connectivity index is 1.78. The van der Waals surface area contributed by atoms with Gasteiger partial charge in [-0.1, -0.05) is 42.5 Å². The van der Waals surface area contributed by atoms with Crippen LogP contribution in [-0.4, -0.2) is 24.1 Å². The smallest absolute Gasteiger partial charge is 0.155 e. The van der Waals surface area contributed by atoms with Crippen molar-refractivity contribution in [3.05, 3.63) is 102 Å². The lowest BCUT2D eigenvalue weighted by Gasteiger charge is -2.28. The van der Waals surface area contributed by atoms with Crippen molar-refractivity contribution in [2.24, 2.45) is 4.99 Å². The van der Waals surface area contributed by atoms with Crippen molar-refractivity contribution >= 4 is 22.9 Å². The second-order valence-electron chi connectivity index (χ2n) is 7.45. The molecule has 0 bridgehead atoms. The zero-order valence-electron chi connectivity index (χ0n) is 17.6. The summed E-state index contributed by atoms with van der Waals surface area (Å²) >= 11 is 0. The van der Waals surface area contributed by atoms with Crippen molar-refractivity contribution in [3.63, 3.8) is 0 Å². The van der Waals surface area contributed by atoms with Crippen molar-refractivity contribution in [2.45, 2.75) is 19.8 Å². The van der Waals surface area contributed by atoms with Gasteiger partial charge in [0, 0.05) is 29.6 Å². The summed E-state index contributed by atoms with van der Waals surface area (Å²) in [5.41, 5.74) is 4.70. The highest BCUT2D eigenvalue weighted by molar-refractivity contribution is 6.02. The maximum Gasteiger partial charge on any atom is 0.155 e. The first-order valence-corrected chi connectivity index (χ1v) is 10.5. The fourth-order valence-corrected chi connectivity index (χ4v) is 3.45. The third-order valence-electron chi connectivity index (χ3n) is 5.09. The van der Waals surface area contributed by atoms with Crippen molar-refractivity contribution < 1.29 is 9.23 Å². The van der Waals surface area contributed by atoms with Gasteiger partial charge in [0.2, 0.25) is 0 Å². The molecule has 0 saturated carbocycles. The molecule has 1 aliphatic rings. The number of rotatable bonds is 5. The van der Waals surface area contributed by atoms with E-state index < -0.39 is 0 Å². The van der Waals surface area contributed by atoms with Crippen LogP contribution in [0.3, 0.4) is 0 Å². The first kappa shape index (κ1) is 20.8. The van der Waals surface area contributed by atoms with E-state index in [9.17, 15) is 4.39 Å². The van der Waals surface area contributed by atoms with Crippen LogP contribution in [-0.2, 0) is 4.84 Å². The normalized spacial score (nSPS) is 15.1. The number of amidine groups is 1. The Hall–Kier alpha value is -3.44. The van der Waals surface area contributed by atoms with Gasteiger partial charge in [-0.2, -0.15) is 0 Å². The molecule has 0 spiro atoms. The maximum absolute atomic E-state index is 13.4. The van der Waals surface area contributed by atoms with Gasteiger partial charge in [-0.05, 0) is 61.7 Å². The summed E-state index contributed by atoms with van der Waals surface area (Å²) in [7, 11) is 0. The Morgan fingerprint density at radius 1 is 0.968 bits per heavy atom. The SMILES string of the molecule is Cc1ccccc1C(=CC(=Nc1ccccc1)N1CCCCO1)Nc1ccc(F)cc1. The molecule has 158 valence electrons. The molecule has 0 amide bonds. The molecular weight excluding hydrogens is 389 g/mol. The van der Waals surface area contributed by atoms with Crippen molar-refractivity contribution in [1.82, 2.24) is 5.06 Å². The molecule has 1 heterocycles.